The Kier molecular flexibility index (Phi) is 17.5. The van der Waals surface area contributed by atoms with Gasteiger partial charge in [-0.15, -0.1) is 0 Å². The Morgan fingerprint density at radius 1 is 0.631 bits per heavy atom. The molecule has 3 rings (SSSR count). The lowest BCUT2D eigenvalue weighted by atomic mass is 9.92. The molecule has 65 heavy (non-hydrogen) atoms. The number of esters is 1. The van der Waals surface area contributed by atoms with E-state index < -0.39 is 167 Å². The van der Waals surface area contributed by atoms with E-state index in [1.54, 1.807) is 0 Å². The number of aliphatic carboxylic acids is 1. The zero-order chi connectivity index (χ0) is 48.4. The number of carbonyl (C=O) groups excluding carboxylic acids is 10. The second-order valence-electron chi connectivity index (χ2n) is 12.9. The summed E-state index contributed by atoms with van der Waals surface area (Å²) in [5.41, 5.74) is -2.90. The van der Waals surface area contributed by atoms with Gasteiger partial charge in [-0.2, -0.15) is 5.11 Å². The summed E-state index contributed by atoms with van der Waals surface area (Å²) in [5.74, 6) is 12.0. The van der Waals surface area contributed by atoms with Crippen LogP contribution in [-0.2, 0) is 71.7 Å². The molecule has 0 spiro atoms. The summed E-state index contributed by atoms with van der Waals surface area (Å²) in [6.45, 7) is 13.6. The highest BCUT2D eigenvalue weighted by molar-refractivity contribution is 6.49. The zero-order valence-electron chi connectivity index (χ0n) is 33.5. The number of rotatable bonds is 2. The third-order valence-electron chi connectivity index (χ3n) is 7.90. The van der Waals surface area contributed by atoms with Crippen LogP contribution >= 0.6 is 0 Å². The van der Waals surface area contributed by atoms with Crippen molar-refractivity contribution in [1.29, 1.82) is 5.41 Å². The van der Waals surface area contributed by atoms with Crippen LogP contribution in [0.25, 0.3) is 0 Å². The molecule has 0 aromatic carbocycles. The van der Waals surface area contributed by atoms with Gasteiger partial charge in [0.15, 0.2) is 23.1 Å². The summed E-state index contributed by atoms with van der Waals surface area (Å²) in [6, 6.07) is 0. The molecule has 3 N–H and O–H groups in total. The highest BCUT2D eigenvalue weighted by atomic mass is 16.6. The molecule has 0 saturated carbocycles. The van der Waals surface area contributed by atoms with Crippen molar-refractivity contribution in [3.63, 3.8) is 0 Å². The first kappa shape index (κ1) is 49.7. The summed E-state index contributed by atoms with van der Waals surface area (Å²) in [7, 11) is 0. The molecule has 18 nitrogen and oxygen atoms in total. The molecule has 0 unspecified atom stereocenters. The van der Waals surface area contributed by atoms with Crippen LogP contribution < -0.4 is 0 Å². The fourth-order valence-corrected chi connectivity index (χ4v) is 4.94. The Bertz CT molecular complexity index is 2940. The van der Waals surface area contributed by atoms with E-state index >= 15 is 0 Å². The van der Waals surface area contributed by atoms with E-state index in [0.717, 1.165) is 0 Å². The normalized spacial score (nSPS) is 20.5. The molecular formula is C47H27NO17+. The van der Waals surface area contributed by atoms with E-state index in [9.17, 15) is 63.3 Å². The molecule has 0 aliphatic carbocycles. The highest BCUT2D eigenvalue weighted by Gasteiger charge is 2.47. The molecule has 321 valence electrons. The minimum atomic E-state index is -3.08. The number of allylic oxidation sites excluding steroid dienone is 5. The number of carboxylic acid groups (broad SMARTS) is 1. The van der Waals surface area contributed by atoms with E-state index in [1.807, 2.05) is 0 Å². The number of cyclic esters (lactones) is 1. The molecule has 1 radical (unpaired) electrons. The van der Waals surface area contributed by atoms with Crippen molar-refractivity contribution in [2.75, 3.05) is 0 Å². The van der Waals surface area contributed by atoms with Gasteiger partial charge in [0.1, 0.15) is 41.5 Å². The summed E-state index contributed by atoms with van der Waals surface area (Å²) in [5, 5.41) is 41.6. The molecular weight excluding hydrogens is 851 g/mol. The van der Waals surface area contributed by atoms with Crippen molar-refractivity contribution in [1.82, 2.24) is 0 Å². The third kappa shape index (κ3) is 15.1. The monoisotopic (exact) mass is 877 g/mol. The maximum atomic E-state index is 13.7. The standard InChI is InChI=1S/C47H26NO17/c1-27-17-15-13-11-9-7-5-6-8-10-12-14-16-18-34(64-46-44(58)41(48)43(57)30(4)63-46)24-38-40(45(59)60)37(54)26-47(61,65-38)25-33(51)22-36(53)35(52)20-19-31(49)21-32(50)23-39(55)62-29(3)28(2)42(27)56/h48H,1-4,19-26H2,(H-,58,59,60)/p+1/t47-/m1/s1. The van der Waals surface area contributed by atoms with Gasteiger partial charge in [0.05, 0.1) is 36.8 Å². The van der Waals surface area contributed by atoms with Crippen LogP contribution in [0.3, 0.4) is 0 Å². The summed E-state index contributed by atoms with van der Waals surface area (Å²) in [6.07, 6.45) is -8.09. The van der Waals surface area contributed by atoms with Crippen molar-refractivity contribution in [2.45, 2.75) is 57.2 Å². The minimum Gasteiger partial charge on any atom is -0.496 e. The van der Waals surface area contributed by atoms with Crippen LogP contribution in [0, 0.1) is 88.3 Å². The van der Waals surface area contributed by atoms with Gasteiger partial charge >= 0.3 is 17.9 Å². The first-order valence-electron chi connectivity index (χ1n) is 17.9. The smallest absolute Gasteiger partial charge is 0.496 e. The second-order valence-corrected chi connectivity index (χ2v) is 12.9. The molecule has 3 aliphatic heterocycles. The van der Waals surface area contributed by atoms with Gasteiger partial charge in [0, 0.05) is 18.8 Å². The quantitative estimate of drug-likeness (QED) is 0.0504. The zero-order valence-corrected chi connectivity index (χ0v) is 33.5. The highest BCUT2D eigenvalue weighted by Crippen LogP contribution is 2.34. The molecule has 0 saturated heterocycles. The number of carboxylic acids is 1. The number of carbonyl (C=O) groups is 10. The van der Waals surface area contributed by atoms with E-state index in [1.165, 1.54) is 0 Å². The Hall–Kier alpha value is -9.64. The number of nitrogens with one attached hydrogen (secondary N) is 1. The topological polar surface area (TPSA) is 294 Å². The molecule has 0 amide bonds. The van der Waals surface area contributed by atoms with Crippen molar-refractivity contribution >= 4 is 69.7 Å². The Balaban J connectivity index is 2.02. The largest absolute Gasteiger partial charge is 0.571 e. The van der Waals surface area contributed by atoms with Crippen LogP contribution in [-0.4, -0.2) is 85.7 Å². The summed E-state index contributed by atoms with van der Waals surface area (Å²) < 4.78 is 20.6. The van der Waals surface area contributed by atoms with Gasteiger partial charge in [0.25, 0.3) is 28.9 Å². The van der Waals surface area contributed by atoms with Crippen molar-refractivity contribution in [3.8, 4) is 82.9 Å². The number of ether oxygens (including phenoxy) is 3. The number of hydrogen-bond acceptors (Lipinski definition) is 15. The Labute approximate surface area is 368 Å². The van der Waals surface area contributed by atoms with Crippen molar-refractivity contribution in [3.05, 3.63) is 72.0 Å². The minimum absolute atomic E-state index is 0.327. The van der Waals surface area contributed by atoms with Gasteiger partial charge in [-0.25, -0.2) is 4.79 Å². The molecule has 18 heteroatoms. The number of Topliss-reactive ketones (excluding diaryl/α,β-unsaturated/α-hetero) is 8. The second kappa shape index (κ2) is 22.8. The molecule has 2 bridgehead atoms. The van der Waals surface area contributed by atoms with Gasteiger partial charge in [-0.1, -0.05) is 19.7 Å². The van der Waals surface area contributed by atoms with Crippen LogP contribution in [0.15, 0.2) is 72.0 Å². The predicted molar refractivity (Wildman–Crippen MR) is 217 cm³/mol. The summed E-state index contributed by atoms with van der Waals surface area (Å²) in [4.78, 5) is 125. The average molecular weight is 878 g/mol. The van der Waals surface area contributed by atoms with Crippen LogP contribution in [0.5, 0.6) is 0 Å². The lowest BCUT2D eigenvalue weighted by Gasteiger charge is -2.31. The first-order chi connectivity index (χ1) is 30.6. The Morgan fingerprint density at radius 2 is 1.20 bits per heavy atom. The number of hydrogen-bond donors (Lipinski definition) is 3. The van der Waals surface area contributed by atoms with E-state index in [4.69, 9.17) is 24.0 Å². The van der Waals surface area contributed by atoms with Crippen LogP contribution in [0.2, 0.25) is 0 Å². The maximum Gasteiger partial charge on any atom is 0.571 e. The van der Waals surface area contributed by atoms with Gasteiger partial charge in [0.2, 0.25) is 11.6 Å². The van der Waals surface area contributed by atoms with Gasteiger partial charge < -0.3 is 19.7 Å². The third-order valence-corrected chi connectivity index (χ3v) is 7.90. The van der Waals surface area contributed by atoms with E-state index in [0.29, 0.717) is 0 Å². The fraction of sp³-hybridized carbons (Fsp3) is 0.191. The fourth-order valence-electron chi connectivity index (χ4n) is 4.94. The summed E-state index contributed by atoms with van der Waals surface area (Å²) >= 11 is 0. The maximum absolute atomic E-state index is 13.7. The van der Waals surface area contributed by atoms with Crippen LogP contribution in [0.4, 0.5) is 0 Å². The van der Waals surface area contributed by atoms with E-state index in [-0.39, 0.29) is 5.57 Å². The van der Waals surface area contributed by atoms with Crippen LogP contribution in [0.1, 0.15) is 51.4 Å². The predicted octanol–water partition coefficient (Wildman–Crippen LogP) is 0.758. The van der Waals surface area contributed by atoms with Gasteiger partial charge in [-0.05, 0) is 83.5 Å². The average Bonchev–Trinajstić information content (AvgIpc) is 3.21. The number of fused-ring (bicyclic) bond motifs is 2. The van der Waals surface area contributed by atoms with Crippen molar-refractivity contribution < 1.29 is 81.9 Å². The number of ketones is 9. The first-order valence-corrected chi connectivity index (χ1v) is 17.9. The van der Waals surface area contributed by atoms with E-state index in [2.05, 4.69) is 109 Å². The Morgan fingerprint density at radius 3 is 1.78 bits per heavy atom. The SMILES string of the molecule is C=C1C#CC#CC#CC#CC#CC#CC#CC(=[O+]C2=C(O)C(=N)C(=O)C(=C)O2)CC2=C(C(=O)O)C(=O)C[C@@]([O])(CC(=O)CC(=O)C(=O)CCC(=O)CC(=O)CC(=O)OC(=C)C(=C)C1=O)O2. The number of aliphatic hydroxyl groups is 1. The molecule has 0 aromatic heterocycles. The lowest BCUT2D eigenvalue weighted by Crippen LogP contribution is -2.42. The molecule has 3 heterocycles. The molecule has 3 aliphatic rings. The lowest BCUT2D eigenvalue weighted by molar-refractivity contribution is -0.439. The molecule has 1 atom stereocenters. The molecule has 0 fully saturated rings. The van der Waals surface area contributed by atoms with Gasteiger partial charge in [-0.3, -0.25) is 57.7 Å². The number of aliphatic hydroxyl groups excluding tert-OH is 1. The van der Waals surface area contributed by atoms with Crippen molar-refractivity contribution in [2.24, 2.45) is 0 Å². The molecule has 0 aromatic rings.